The standard InChI is InChI=1S/C17H22N2O4S2/c1-2-3-9-19(13-8-10-25(21,22)12-13)16(20)11-24-17-18-14-6-4-5-7-15(14)23-17/h4-7,13H,2-3,8-12H2,1H3/t13-/m0/s1. The van der Waals surface area contributed by atoms with Crippen LogP contribution in [0.4, 0.5) is 0 Å². The third-order valence-electron chi connectivity index (χ3n) is 4.32. The summed E-state index contributed by atoms with van der Waals surface area (Å²) < 4.78 is 29.1. The van der Waals surface area contributed by atoms with E-state index in [1.165, 1.54) is 11.8 Å². The largest absolute Gasteiger partial charge is 0.431 e. The number of aromatic nitrogens is 1. The van der Waals surface area contributed by atoms with Crippen molar-refractivity contribution in [2.75, 3.05) is 23.8 Å². The van der Waals surface area contributed by atoms with Crippen molar-refractivity contribution >= 4 is 38.6 Å². The minimum absolute atomic E-state index is 0.0530. The van der Waals surface area contributed by atoms with E-state index in [0.717, 1.165) is 18.4 Å². The summed E-state index contributed by atoms with van der Waals surface area (Å²) in [6.45, 7) is 2.66. The smallest absolute Gasteiger partial charge is 0.257 e. The zero-order chi connectivity index (χ0) is 17.9. The fourth-order valence-electron chi connectivity index (χ4n) is 2.98. The average molecular weight is 383 g/mol. The Labute approximate surface area is 151 Å². The SMILES string of the molecule is CCCCN(C(=O)CSc1nc2ccccc2o1)[C@H]1CCS(=O)(=O)C1. The minimum atomic E-state index is -3.02. The van der Waals surface area contributed by atoms with Gasteiger partial charge < -0.3 is 9.32 Å². The number of sulfone groups is 1. The molecule has 136 valence electrons. The Morgan fingerprint density at radius 2 is 2.20 bits per heavy atom. The Bertz CT molecular complexity index is 814. The number of oxazole rings is 1. The van der Waals surface area contributed by atoms with Crippen LogP contribution in [-0.2, 0) is 14.6 Å². The quantitative estimate of drug-likeness (QED) is 0.685. The topological polar surface area (TPSA) is 80.5 Å². The van der Waals surface area contributed by atoms with E-state index in [9.17, 15) is 13.2 Å². The van der Waals surface area contributed by atoms with E-state index in [2.05, 4.69) is 11.9 Å². The van der Waals surface area contributed by atoms with Crippen molar-refractivity contribution in [3.63, 3.8) is 0 Å². The maximum absolute atomic E-state index is 12.7. The monoisotopic (exact) mass is 382 g/mol. The number of hydrogen-bond donors (Lipinski definition) is 0. The van der Waals surface area contributed by atoms with Gasteiger partial charge in [0.15, 0.2) is 15.4 Å². The molecule has 2 heterocycles. The highest BCUT2D eigenvalue weighted by atomic mass is 32.2. The van der Waals surface area contributed by atoms with Crippen molar-refractivity contribution in [1.29, 1.82) is 0 Å². The highest BCUT2D eigenvalue weighted by Crippen LogP contribution is 2.25. The van der Waals surface area contributed by atoms with Gasteiger partial charge in [0.1, 0.15) is 5.52 Å². The first kappa shape index (κ1) is 18.3. The van der Waals surface area contributed by atoms with Crippen molar-refractivity contribution in [3.05, 3.63) is 24.3 Å². The number of benzene rings is 1. The van der Waals surface area contributed by atoms with Gasteiger partial charge in [-0.1, -0.05) is 37.2 Å². The third-order valence-corrected chi connectivity index (χ3v) is 6.88. The molecule has 0 saturated carbocycles. The predicted molar refractivity (Wildman–Crippen MR) is 98.4 cm³/mol. The van der Waals surface area contributed by atoms with E-state index >= 15 is 0 Å². The lowest BCUT2D eigenvalue weighted by Crippen LogP contribution is -2.42. The van der Waals surface area contributed by atoms with Crippen LogP contribution in [0.2, 0.25) is 0 Å². The van der Waals surface area contributed by atoms with Crippen molar-refractivity contribution in [1.82, 2.24) is 9.88 Å². The molecule has 6 nitrogen and oxygen atoms in total. The Morgan fingerprint density at radius 3 is 2.88 bits per heavy atom. The number of amides is 1. The van der Waals surface area contributed by atoms with Crippen LogP contribution in [0.15, 0.2) is 33.9 Å². The molecule has 0 bridgehead atoms. The fraction of sp³-hybridized carbons (Fsp3) is 0.529. The third kappa shape index (κ3) is 4.55. The van der Waals surface area contributed by atoms with Gasteiger partial charge >= 0.3 is 0 Å². The molecule has 8 heteroatoms. The van der Waals surface area contributed by atoms with Crippen LogP contribution in [0.3, 0.4) is 0 Å². The first-order valence-corrected chi connectivity index (χ1v) is 11.3. The Hall–Kier alpha value is -1.54. The number of hydrogen-bond acceptors (Lipinski definition) is 6. The van der Waals surface area contributed by atoms with Gasteiger partial charge in [-0.05, 0) is 25.0 Å². The van der Waals surface area contributed by atoms with Gasteiger partial charge in [-0.2, -0.15) is 0 Å². The minimum Gasteiger partial charge on any atom is -0.431 e. The van der Waals surface area contributed by atoms with Gasteiger partial charge in [0.05, 0.1) is 17.3 Å². The normalized spacial score (nSPS) is 19.3. The summed E-state index contributed by atoms with van der Waals surface area (Å²) in [5, 5.41) is 0.462. The van der Waals surface area contributed by atoms with E-state index < -0.39 is 9.84 Å². The number of para-hydroxylation sites is 2. The molecule has 1 fully saturated rings. The molecular formula is C17H22N2O4S2. The lowest BCUT2D eigenvalue weighted by atomic mass is 10.2. The molecule has 1 aliphatic heterocycles. The number of fused-ring (bicyclic) bond motifs is 1. The molecule has 0 unspecified atom stereocenters. The Balaban J connectivity index is 1.65. The molecule has 1 aliphatic rings. The van der Waals surface area contributed by atoms with Gasteiger partial charge in [-0.3, -0.25) is 4.79 Å². The number of thioether (sulfide) groups is 1. The van der Waals surface area contributed by atoms with Gasteiger partial charge in [-0.25, -0.2) is 13.4 Å². The highest BCUT2D eigenvalue weighted by molar-refractivity contribution is 7.99. The maximum Gasteiger partial charge on any atom is 0.257 e. The zero-order valence-corrected chi connectivity index (χ0v) is 15.8. The zero-order valence-electron chi connectivity index (χ0n) is 14.2. The van der Waals surface area contributed by atoms with Crippen LogP contribution in [0.1, 0.15) is 26.2 Å². The van der Waals surface area contributed by atoms with Crippen LogP contribution >= 0.6 is 11.8 Å². The number of nitrogens with zero attached hydrogens (tertiary/aromatic N) is 2. The lowest BCUT2D eigenvalue weighted by molar-refractivity contribution is -0.130. The molecule has 0 spiro atoms. The Kier molecular flexibility index (Phi) is 5.68. The summed E-state index contributed by atoms with van der Waals surface area (Å²) in [5.74, 6) is 0.400. The summed E-state index contributed by atoms with van der Waals surface area (Å²) in [6.07, 6.45) is 2.36. The molecule has 1 aromatic heterocycles. The van der Waals surface area contributed by atoms with Gasteiger partial charge in [0.2, 0.25) is 5.91 Å². The van der Waals surface area contributed by atoms with E-state index in [1.807, 2.05) is 24.3 Å². The summed E-state index contributed by atoms with van der Waals surface area (Å²) in [7, 11) is -3.02. The highest BCUT2D eigenvalue weighted by Gasteiger charge is 2.34. The fourth-order valence-corrected chi connectivity index (χ4v) is 5.43. The van der Waals surface area contributed by atoms with Crippen molar-refractivity contribution < 1.29 is 17.6 Å². The number of carbonyl (C=O) groups is 1. The van der Waals surface area contributed by atoms with E-state index in [0.29, 0.717) is 23.8 Å². The van der Waals surface area contributed by atoms with E-state index in [1.54, 1.807) is 4.90 Å². The molecule has 1 atom stereocenters. The van der Waals surface area contributed by atoms with Crippen LogP contribution in [0, 0.1) is 0 Å². The van der Waals surface area contributed by atoms with E-state index in [-0.39, 0.29) is 29.2 Å². The van der Waals surface area contributed by atoms with Gasteiger partial charge in [-0.15, -0.1) is 0 Å². The number of unbranched alkanes of at least 4 members (excludes halogenated alkanes) is 1. The molecule has 25 heavy (non-hydrogen) atoms. The number of carbonyl (C=O) groups excluding carboxylic acids is 1. The first-order valence-electron chi connectivity index (χ1n) is 8.47. The molecule has 1 saturated heterocycles. The Morgan fingerprint density at radius 1 is 1.40 bits per heavy atom. The lowest BCUT2D eigenvalue weighted by Gasteiger charge is -2.28. The second-order valence-corrected chi connectivity index (χ2v) is 9.39. The van der Waals surface area contributed by atoms with Gasteiger partial charge in [0, 0.05) is 12.6 Å². The van der Waals surface area contributed by atoms with Crippen LogP contribution in [-0.4, -0.2) is 54.1 Å². The van der Waals surface area contributed by atoms with Crippen molar-refractivity contribution in [3.8, 4) is 0 Å². The molecule has 2 aromatic rings. The van der Waals surface area contributed by atoms with Crippen LogP contribution < -0.4 is 0 Å². The van der Waals surface area contributed by atoms with Crippen LogP contribution in [0.25, 0.3) is 11.1 Å². The van der Waals surface area contributed by atoms with Crippen LogP contribution in [0.5, 0.6) is 0 Å². The van der Waals surface area contributed by atoms with Gasteiger partial charge in [0.25, 0.3) is 5.22 Å². The second-order valence-electron chi connectivity index (χ2n) is 6.23. The molecular weight excluding hydrogens is 360 g/mol. The predicted octanol–water partition coefficient (Wildman–Crippen LogP) is 2.74. The molecule has 0 N–H and O–H groups in total. The molecule has 1 aromatic carbocycles. The van der Waals surface area contributed by atoms with Crippen molar-refractivity contribution in [2.24, 2.45) is 0 Å². The molecule has 0 radical (unpaired) electrons. The van der Waals surface area contributed by atoms with Crippen molar-refractivity contribution in [2.45, 2.75) is 37.5 Å². The second kappa shape index (κ2) is 7.78. The summed E-state index contributed by atoms with van der Waals surface area (Å²) in [6, 6.07) is 7.26. The van der Waals surface area contributed by atoms with E-state index in [4.69, 9.17) is 4.42 Å². The molecule has 1 amide bonds. The summed E-state index contributed by atoms with van der Waals surface area (Å²) in [4.78, 5) is 18.8. The molecule has 3 rings (SSSR count). The molecule has 0 aliphatic carbocycles. The average Bonchev–Trinajstić information content (AvgIpc) is 3.16. The maximum atomic E-state index is 12.7. The summed E-state index contributed by atoms with van der Waals surface area (Å²) in [5.41, 5.74) is 1.46. The summed E-state index contributed by atoms with van der Waals surface area (Å²) >= 11 is 1.26. The first-order chi connectivity index (χ1) is 12.0. The number of rotatable bonds is 7.